The maximum atomic E-state index is 14.2. The number of carbonyl (C=O) groups is 2. The van der Waals surface area contributed by atoms with Gasteiger partial charge in [-0.1, -0.05) is 62.7 Å². The Labute approximate surface area is 253 Å². The van der Waals surface area contributed by atoms with Gasteiger partial charge in [0.15, 0.2) is 0 Å². The number of hydrogen-bond acceptors (Lipinski definition) is 6. The third kappa shape index (κ3) is 7.95. The van der Waals surface area contributed by atoms with Gasteiger partial charge >= 0.3 is 0 Å². The van der Waals surface area contributed by atoms with E-state index >= 15 is 0 Å². The highest BCUT2D eigenvalue weighted by molar-refractivity contribution is 7.92. The van der Waals surface area contributed by atoms with Crippen LogP contribution in [0.4, 0.5) is 5.69 Å². The fourth-order valence-electron chi connectivity index (χ4n) is 4.38. The van der Waals surface area contributed by atoms with Crippen molar-refractivity contribution in [3.05, 3.63) is 83.4 Å². The predicted molar refractivity (Wildman–Crippen MR) is 164 cm³/mol. The number of amides is 2. The van der Waals surface area contributed by atoms with Gasteiger partial charge in [-0.2, -0.15) is 0 Å². The Morgan fingerprint density at radius 3 is 2.17 bits per heavy atom. The van der Waals surface area contributed by atoms with Crippen molar-refractivity contribution in [3.63, 3.8) is 0 Å². The summed E-state index contributed by atoms with van der Waals surface area (Å²) in [6, 6.07) is 18.6. The van der Waals surface area contributed by atoms with E-state index in [0.717, 1.165) is 4.31 Å². The molecule has 0 fully saturated rings. The first-order valence-corrected chi connectivity index (χ1v) is 15.5. The van der Waals surface area contributed by atoms with E-state index in [1.807, 2.05) is 13.8 Å². The van der Waals surface area contributed by atoms with Crippen molar-refractivity contribution in [2.45, 2.75) is 44.7 Å². The lowest BCUT2D eigenvalue weighted by Gasteiger charge is -2.33. The van der Waals surface area contributed by atoms with Gasteiger partial charge in [-0.05, 0) is 60.4 Å². The molecule has 0 spiro atoms. The Balaban J connectivity index is 2.10. The van der Waals surface area contributed by atoms with E-state index in [-0.39, 0.29) is 34.7 Å². The first kappa shape index (κ1) is 32.8. The molecule has 0 heterocycles. The number of rotatable bonds is 14. The molecular formula is C31H38ClN3O6S. The van der Waals surface area contributed by atoms with E-state index < -0.39 is 28.5 Å². The molecule has 0 saturated carbocycles. The Morgan fingerprint density at radius 1 is 0.929 bits per heavy atom. The Morgan fingerprint density at radius 2 is 1.57 bits per heavy atom. The summed E-state index contributed by atoms with van der Waals surface area (Å²) in [7, 11) is -1.36. The Bertz CT molecular complexity index is 1460. The van der Waals surface area contributed by atoms with Crippen LogP contribution in [0.15, 0.2) is 77.7 Å². The molecule has 1 atom stereocenters. The third-order valence-electron chi connectivity index (χ3n) is 6.65. The number of anilines is 1. The van der Waals surface area contributed by atoms with Gasteiger partial charge in [-0.3, -0.25) is 13.9 Å². The fourth-order valence-corrected chi connectivity index (χ4v) is 6.00. The molecule has 226 valence electrons. The second-order valence-electron chi connectivity index (χ2n) is 10.0. The van der Waals surface area contributed by atoms with Gasteiger partial charge in [-0.15, -0.1) is 0 Å². The molecule has 3 aromatic carbocycles. The van der Waals surface area contributed by atoms with Crippen LogP contribution in [0.1, 0.15) is 32.8 Å². The molecule has 0 aliphatic rings. The lowest BCUT2D eigenvalue weighted by molar-refractivity contribution is -0.140. The third-order valence-corrected chi connectivity index (χ3v) is 8.79. The number of hydrogen-bond donors (Lipinski definition) is 1. The quantitative estimate of drug-likeness (QED) is 0.270. The van der Waals surface area contributed by atoms with Gasteiger partial charge in [0, 0.05) is 18.1 Å². The van der Waals surface area contributed by atoms with Gasteiger partial charge in [0.1, 0.15) is 24.1 Å². The zero-order valence-corrected chi connectivity index (χ0v) is 26.1. The van der Waals surface area contributed by atoms with Crippen molar-refractivity contribution < 1.29 is 27.5 Å². The fraction of sp³-hybridized carbons (Fsp3) is 0.355. The van der Waals surface area contributed by atoms with Crippen molar-refractivity contribution in [2.24, 2.45) is 5.92 Å². The number of ether oxygens (including phenoxy) is 2. The molecule has 42 heavy (non-hydrogen) atoms. The van der Waals surface area contributed by atoms with Crippen molar-refractivity contribution in [3.8, 4) is 11.5 Å². The average molecular weight is 616 g/mol. The molecule has 9 nitrogen and oxygen atoms in total. The highest BCUT2D eigenvalue weighted by Gasteiger charge is 2.35. The summed E-state index contributed by atoms with van der Waals surface area (Å²) in [5.74, 6) is 0.0486. The van der Waals surface area contributed by atoms with Crippen molar-refractivity contribution >= 4 is 39.1 Å². The molecule has 3 rings (SSSR count). The molecule has 0 aliphatic heterocycles. The lowest BCUT2D eigenvalue weighted by atomic mass is 10.1. The number of carbonyl (C=O) groups excluding carboxylic acids is 2. The van der Waals surface area contributed by atoms with Gasteiger partial charge < -0.3 is 19.7 Å². The minimum atomic E-state index is -4.27. The number of methoxy groups -OCH3 is 2. The highest BCUT2D eigenvalue weighted by Crippen LogP contribution is 2.33. The van der Waals surface area contributed by atoms with Crippen LogP contribution in [0, 0.1) is 5.92 Å². The van der Waals surface area contributed by atoms with Crippen LogP contribution in [-0.2, 0) is 26.2 Å². The van der Waals surface area contributed by atoms with E-state index in [4.69, 9.17) is 21.1 Å². The number of benzene rings is 3. The first-order valence-electron chi connectivity index (χ1n) is 13.6. The molecule has 0 saturated heterocycles. The maximum Gasteiger partial charge on any atom is 0.264 e. The first-order chi connectivity index (χ1) is 20.0. The van der Waals surface area contributed by atoms with Crippen LogP contribution in [-0.4, -0.2) is 58.5 Å². The van der Waals surface area contributed by atoms with Crippen molar-refractivity contribution in [1.29, 1.82) is 0 Å². The normalized spacial score (nSPS) is 12.0. The standard InChI is InChI=1S/C31H38ClN3O6S/c1-6-27(31(37)33-19-22(2)3)34(20-23-11-7-8-12-26(23)32)30(36)21-35(28-13-9-10-14-29(28)41-5)42(38,39)25-17-15-24(40-4)16-18-25/h7-18,22,27H,6,19-21H2,1-5H3,(H,33,37)/t27-/m0/s1. The van der Waals surface area contributed by atoms with E-state index in [1.54, 1.807) is 55.5 Å². The van der Waals surface area contributed by atoms with E-state index in [0.29, 0.717) is 29.3 Å². The Kier molecular flexibility index (Phi) is 11.6. The summed E-state index contributed by atoms with van der Waals surface area (Å²) < 4.78 is 39.8. The van der Waals surface area contributed by atoms with Crippen LogP contribution in [0.25, 0.3) is 0 Å². The van der Waals surface area contributed by atoms with Gasteiger partial charge in [0.05, 0.1) is 24.8 Å². The van der Waals surface area contributed by atoms with Crippen LogP contribution >= 0.6 is 11.6 Å². The topological polar surface area (TPSA) is 105 Å². The Hall–Kier alpha value is -3.76. The molecule has 0 radical (unpaired) electrons. The molecule has 0 aromatic heterocycles. The molecular weight excluding hydrogens is 578 g/mol. The smallest absolute Gasteiger partial charge is 0.264 e. The van der Waals surface area contributed by atoms with Gasteiger partial charge in [-0.25, -0.2) is 8.42 Å². The number of nitrogens with one attached hydrogen (secondary N) is 1. The minimum Gasteiger partial charge on any atom is -0.497 e. The zero-order chi connectivity index (χ0) is 30.9. The summed E-state index contributed by atoms with van der Waals surface area (Å²) in [5, 5.41) is 3.34. The van der Waals surface area contributed by atoms with Crippen molar-refractivity contribution in [1.82, 2.24) is 10.2 Å². The monoisotopic (exact) mass is 615 g/mol. The molecule has 1 N–H and O–H groups in total. The lowest BCUT2D eigenvalue weighted by Crippen LogP contribution is -2.52. The molecule has 11 heteroatoms. The number of halogens is 1. The van der Waals surface area contributed by atoms with Crippen LogP contribution in [0.5, 0.6) is 11.5 Å². The van der Waals surface area contributed by atoms with E-state index in [1.165, 1.54) is 43.4 Å². The molecule has 2 amide bonds. The SMILES string of the molecule is CC[C@@H](C(=O)NCC(C)C)N(Cc1ccccc1Cl)C(=O)CN(c1ccccc1OC)S(=O)(=O)c1ccc(OC)cc1. The number of sulfonamides is 1. The summed E-state index contributed by atoms with van der Waals surface area (Å²) >= 11 is 6.45. The molecule has 3 aromatic rings. The van der Waals surface area contributed by atoms with E-state index in [9.17, 15) is 18.0 Å². The van der Waals surface area contributed by atoms with Crippen LogP contribution in [0.3, 0.4) is 0 Å². The zero-order valence-electron chi connectivity index (χ0n) is 24.5. The minimum absolute atomic E-state index is 0.00839. The summed E-state index contributed by atoms with van der Waals surface area (Å²) in [4.78, 5) is 28.9. The predicted octanol–water partition coefficient (Wildman–Crippen LogP) is 5.13. The van der Waals surface area contributed by atoms with Gasteiger partial charge in [0.25, 0.3) is 10.0 Å². The largest absolute Gasteiger partial charge is 0.497 e. The summed E-state index contributed by atoms with van der Waals surface area (Å²) in [5.41, 5.74) is 0.809. The van der Waals surface area contributed by atoms with E-state index in [2.05, 4.69) is 5.32 Å². The second-order valence-corrected chi connectivity index (χ2v) is 12.3. The van der Waals surface area contributed by atoms with Crippen molar-refractivity contribution in [2.75, 3.05) is 31.6 Å². The molecule has 0 bridgehead atoms. The number of para-hydroxylation sites is 2. The van der Waals surface area contributed by atoms with Crippen LogP contribution in [0.2, 0.25) is 5.02 Å². The average Bonchev–Trinajstić information content (AvgIpc) is 2.99. The number of nitrogens with zero attached hydrogens (tertiary/aromatic N) is 2. The van der Waals surface area contributed by atoms with Gasteiger partial charge in [0.2, 0.25) is 11.8 Å². The summed E-state index contributed by atoms with van der Waals surface area (Å²) in [6.45, 7) is 5.61. The maximum absolute atomic E-state index is 14.2. The second kappa shape index (κ2) is 14.9. The summed E-state index contributed by atoms with van der Waals surface area (Å²) in [6.07, 6.45) is 0.306. The molecule has 0 unspecified atom stereocenters. The van der Waals surface area contributed by atoms with Crippen LogP contribution < -0.4 is 19.1 Å². The highest BCUT2D eigenvalue weighted by atomic mass is 35.5. The molecule has 0 aliphatic carbocycles.